The number of ether oxygens (including phenoxy) is 1. The number of anilines is 1. The SMILES string of the molecule is COc1ccc(C(=O)N[C@@H](CO)c2nnc(SCC(=O)Nc3ccc([N+](=O)[O-])cc3C)n2C)cc1. The van der Waals surface area contributed by atoms with Crippen LogP contribution in [0.2, 0.25) is 0 Å². The van der Waals surface area contributed by atoms with E-state index in [0.29, 0.717) is 33.5 Å². The maximum absolute atomic E-state index is 12.6. The summed E-state index contributed by atoms with van der Waals surface area (Å²) in [5.74, 6) is 0.209. The Bertz CT molecular complexity index is 1230. The summed E-state index contributed by atoms with van der Waals surface area (Å²) in [6.07, 6.45) is 0. The summed E-state index contributed by atoms with van der Waals surface area (Å²) >= 11 is 1.12. The minimum Gasteiger partial charge on any atom is -0.497 e. The molecule has 0 aliphatic rings. The van der Waals surface area contributed by atoms with Crippen molar-refractivity contribution in [3.05, 3.63) is 69.5 Å². The van der Waals surface area contributed by atoms with Gasteiger partial charge in [-0.05, 0) is 42.8 Å². The molecule has 1 aromatic heterocycles. The van der Waals surface area contributed by atoms with Gasteiger partial charge >= 0.3 is 0 Å². The van der Waals surface area contributed by atoms with Crippen molar-refractivity contribution < 1.29 is 24.4 Å². The van der Waals surface area contributed by atoms with Crippen molar-refractivity contribution in [3.8, 4) is 5.75 Å². The zero-order chi connectivity index (χ0) is 25.5. The summed E-state index contributed by atoms with van der Waals surface area (Å²) in [5, 5.41) is 34.6. The van der Waals surface area contributed by atoms with Gasteiger partial charge in [-0.25, -0.2) is 0 Å². The van der Waals surface area contributed by atoms with Gasteiger partial charge in [-0.3, -0.25) is 19.7 Å². The number of nitrogens with one attached hydrogen (secondary N) is 2. The third kappa shape index (κ3) is 6.33. The Balaban J connectivity index is 1.61. The summed E-state index contributed by atoms with van der Waals surface area (Å²) < 4.78 is 6.67. The fourth-order valence-electron chi connectivity index (χ4n) is 3.15. The molecule has 0 unspecified atom stereocenters. The molecule has 12 nitrogen and oxygen atoms in total. The van der Waals surface area contributed by atoms with E-state index in [9.17, 15) is 24.8 Å². The number of aliphatic hydroxyl groups excluding tert-OH is 1. The van der Waals surface area contributed by atoms with Crippen LogP contribution < -0.4 is 15.4 Å². The van der Waals surface area contributed by atoms with Crippen molar-refractivity contribution in [2.75, 3.05) is 24.8 Å². The molecule has 13 heteroatoms. The standard InChI is InChI=1S/C22H24N6O6S/c1-13-10-15(28(32)33)6-9-17(13)23-19(30)12-35-22-26-25-20(27(22)2)18(11-29)24-21(31)14-4-7-16(34-3)8-5-14/h4-10,18,29H,11-12H2,1-3H3,(H,23,30)(H,24,31)/t18-/m0/s1. The number of non-ortho nitro benzene ring substituents is 1. The number of methoxy groups -OCH3 is 1. The molecule has 0 aliphatic heterocycles. The van der Waals surface area contributed by atoms with Crippen LogP contribution in [0.4, 0.5) is 11.4 Å². The van der Waals surface area contributed by atoms with Crippen LogP contribution in [0.5, 0.6) is 5.75 Å². The second kappa shape index (κ2) is 11.4. The largest absolute Gasteiger partial charge is 0.497 e. The fraction of sp³-hybridized carbons (Fsp3) is 0.273. The van der Waals surface area contributed by atoms with Crippen LogP contribution >= 0.6 is 11.8 Å². The van der Waals surface area contributed by atoms with Crippen LogP contribution in [0.25, 0.3) is 0 Å². The molecule has 1 heterocycles. The van der Waals surface area contributed by atoms with Crippen LogP contribution in [-0.4, -0.2) is 56.1 Å². The van der Waals surface area contributed by atoms with Crippen LogP contribution in [0, 0.1) is 17.0 Å². The summed E-state index contributed by atoms with van der Waals surface area (Å²) in [6.45, 7) is 1.26. The van der Waals surface area contributed by atoms with Crippen molar-refractivity contribution in [1.82, 2.24) is 20.1 Å². The van der Waals surface area contributed by atoms with Crippen molar-refractivity contribution >= 4 is 35.0 Å². The van der Waals surface area contributed by atoms with Crippen molar-refractivity contribution in [1.29, 1.82) is 0 Å². The molecule has 2 amide bonds. The lowest BCUT2D eigenvalue weighted by Gasteiger charge is -2.16. The zero-order valence-electron chi connectivity index (χ0n) is 19.2. The predicted molar refractivity (Wildman–Crippen MR) is 128 cm³/mol. The number of aromatic nitrogens is 3. The molecule has 0 fully saturated rings. The molecule has 3 aromatic rings. The molecule has 3 rings (SSSR count). The number of carbonyl (C=O) groups is 2. The van der Waals surface area contributed by atoms with E-state index in [4.69, 9.17) is 4.74 Å². The molecular weight excluding hydrogens is 476 g/mol. The zero-order valence-corrected chi connectivity index (χ0v) is 20.0. The molecule has 35 heavy (non-hydrogen) atoms. The number of hydrogen-bond donors (Lipinski definition) is 3. The van der Waals surface area contributed by atoms with Gasteiger partial charge in [0.1, 0.15) is 11.8 Å². The number of nitrogens with zero attached hydrogens (tertiary/aromatic N) is 4. The van der Waals surface area contributed by atoms with Gasteiger partial charge < -0.3 is 25.0 Å². The van der Waals surface area contributed by atoms with Gasteiger partial charge in [0.15, 0.2) is 11.0 Å². The molecule has 0 aliphatic carbocycles. The van der Waals surface area contributed by atoms with Crippen LogP contribution in [-0.2, 0) is 11.8 Å². The molecule has 0 bridgehead atoms. The van der Waals surface area contributed by atoms with Gasteiger partial charge in [-0.15, -0.1) is 10.2 Å². The number of carbonyl (C=O) groups excluding carboxylic acids is 2. The Hall–Kier alpha value is -3.97. The predicted octanol–water partition coefficient (Wildman–Crippen LogP) is 2.23. The van der Waals surface area contributed by atoms with Gasteiger partial charge in [0.2, 0.25) is 5.91 Å². The Labute approximate surface area is 204 Å². The minimum absolute atomic E-state index is 0.00437. The average Bonchev–Trinajstić information content (AvgIpc) is 3.22. The minimum atomic E-state index is -0.812. The van der Waals surface area contributed by atoms with E-state index >= 15 is 0 Å². The second-order valence-corrected chi connectivity index (χ2v) is 8.37. The first-order valence-electron chi connectivity index (χ1n) is 10.4. The summed E-state index contributed by atoms with van der Waals surface area (Å²) in [4.78, 5) is 35.3. The lowest BCUT2D eigenvalue weighted by Crippen LogP contribution is -2.32. The summed E-state index contributed by atoms with van der Waals surface area (Å²) in [7, 11) is 3.19. The average molecular weight is 501 g/mol. The molecule has 0 radical (unpaired) electrons. The fourth-order valence-corrected chi connectivity index (χ4v) is 3.87. The van der Waals surface area contributed by atoms with Gasteiger partial charge in [0.05, 0.1) is 24.4 Å². The van der Waals surface area contributed by atoms with E-state index < -0.39 is 23.5 Å². The quantitative estimate of drug-likeness (QED) is 0.215. The van der Waals surface area contributed by atoms with Gasteiger partial charge in [-0.2, -0.15) is 0 Å². The second-order valence-electron chi connectivity index (χ2n) is 7.43. The van der Waals surface area contributed by atoms with E-state index in [2.05, 4.69) is 20.8 Å². The molecule has 0 saturated heterocycles. The number of nitro benzene ring substituents is 1. The summed E-state index contributed by atoms with van der Waals surface area (Å²) in [5.41, 5.74) is 1.37. The first-order chi connectivity index (χ1) is 16.7. The van der Waals surface area contributed by atoms with Gasteiger partial charge in [-0.1, -0.05) is 11.8 Å². The van der Waals surface area contributed by atoms with Gasteiger partial charge in [0.25, 0.3) is 11.6 Å². The third-order valence-electron chi connectivity index (χ3n) is 5.05. The number of nitro groups is 1. The van der Waals surface area contributed by atoms with Crippen LogP contribution in [0.1, 0.15) is 27.8 Å². The molecule has 3 N–H and O–H groups in total. The number of aliphatic hydroxyl groups is 1. The molecule has 0 saturated carbocycles. The monoisotopic (exact) mass is 500 g/mol. The first kappa shape index (κ1) is 25.6. The molecule has 2 aromatic carbocycles. The van der Waals surface area contributed by atoms with E-state index in [1.165, 1.54) is 25.3 Å². The lowest BCUT2D eigenvalue weighted by atomic mass is 10.2. The number of rotatable bonds is 10. The topological polar surface area (TPSA) is 162 Å². The first-order valence-corrected chi connectivity index (χ1v) is 11.3. The number of aryl methyl sites for hydroxylation is 1. The smallest absolute Gasteiger partial charge is 0.269 e. The number of amides is 2. The van der Waals surface area contributed by atoms with E-state index in [-0.39, 0.29) is 17.3 Å². The maximum Gasteiger partial charge on any atom is 0.269 e. The molecule has 1 atom stereocenters. The highest BCUT2D eigenvalue weighted by Gasteiger charge is 2.22. The highest BCUT2D eigenvalue weighted by Crippen LogP contribution is 2.23. The van der Waals surface area contributed by atoms with E-state index in [0.717, 1.165) is 11.8 Å². The number of hydrogen-bond acceptors (Lipinski definition) is 9. The Morgan fingerprint density at radius 2 is 1.94 bits per heavy atom. The molecular formula is C22H24N6O6S. The highest BCUT2D eigenvalue weighted by molar-refractivity contribution is 7.99. The van der Waals surface area contributed by atoms with E-state index in [1.807, 2.05) is 0 Å². The van der Waals surface area contributed by atoms with Crippen molar-refractivity contribution in [2.24, 2.45) is 7.05 Å². The lowest BCUT2D eigenvalue weighted by molar-refractivity contribution is -0.384. The number of thioether (sulfide) groups is 1. The van der Waals surface area contributed by atoms with Gasteiger partial charge in [0, 0.05) is 30.4 Å². The van der Waals surface area contributed by atoms with Crippen LogP contribution in [0.15, 0.2) is 47.6 Å². The van der Waals surface area contributed by atoms with Crippen LogP contribution in [0.3, 0.4) is 0 Å². The third-order valence-corrected chi connectivity index (χ3v) is 6.07. The highest BCUT2D eigenvalue weighted by atomic mass is 32.2. The van der Waals surface area contributed by atoms with Crippen molar-refractivity contribution in [2.45, 2.75) is 18.1 Å². The molecule has 0 spiro atoms. The Morgan fingerprint density at radius 3 is 2.54 bits per heavy atom. The summed E-state index contributed by atoms with van der Waals surface area (Å²) in [6, 6.07) is 9.89. The Morgan fingerprint density at radius 1 is 1.23 bits per heavy atom. The maximum atomic E-state index is 12.6. The number of benzene rings is 2. The normalized spacial score (nSPS) is 11.5. The molecule has 184 valence electrons. The Kier molecular flexibility index (Phi) is 8.39. The van der Waals surface area contributed by atoms with E-state index in [1.54, 1.807) is 42.8 Å². The van der Waals surface area contributed by atoms with Crippen molar-refractivity contribution in [3.63, 3.8) is 0 Å².